The molecule has 0 heterocycles. The highest BCUT2D eigenvalue weighted by Crippen LogP contribution is 2.18. The molecule has 0 unspecified atom stereocenters. The van der Waals surface area contributed by atoms with E-state index in [-0.39, 0.29) is 6.61 Å². The van der Waals surface area contributed by atoms with Crippen LogP contribution in [0.1, 0.15) is 18.1 Å². The van der Waals surface area contributed by atoms with Crippen molar-refractivity contribution in [3.8, 4) is 17.6 Å². The molecule has 1 aromatic carbocycles. The smallest absolute Gasteiger partial charge is 0.119 e. The zero-order valence-electron chi connectivity index (χ0n) is 12.5. The second-order valence-electron chi connectivity index (χ2n) is 4.42. The number of hydrogen-bond acceptors (Lipinski definition) is 4. The maximum atomic E-state index is 8.82. The predicted octanol–water partition coefficient (Wildman–Crippen LogP) is 1.51. The Morgan fingerprint density at radius 2 is 2.15 bits per heavy atom. The quantitative estimate of drug-likeness (QED) is 0.606. The zero-order chi connectivity index (χ0) is 14.8. The third kappa shape index (κ3) is 5.62. The van der Waals surface area contributed by atoms with Crippen LogP contribution in [-0.2, 0) is 11.3 Å². The molecule has 1 N–H and O–H groups in total. The Kier molecular flexibility index (Phi) is 7.74. The maximum absolute atomic E-state index is 8.82. The van der Waals surface area contributed by atoms with Crippen molar-refractivity contribution in [2.24, 2.45) is 0 Å². The van der Waals surface area contributed by atoms with Gasteiger partial charge >= 0.3 is 0 Å². The minimum atomic E-state index is -0.133. The Bertz CT molecular complexity index is 463. The number of hydrogen-bond donors (Lipinski definition) is 1. The monoisotopic (exact) mass is 277 g/mol. The molecule has 0 amide bonds. The molecule has 0 aliphatic carbocycles. The molecule has 110 valence electrons. The molecule has 0 fully saturated rings. The summed E-state index contributed by atoms with van der Waals surface area (Å²) in [5.41, 5.74) is 2.01. The maximum Gasteiger partial charge on any atom is 0.119 e. The van der Waals surface area contributed by atoms with Crippen molar-refractivity contribution >= 4 is 0 Å². The number of benzene rings is 1. The fourth-order valence-corrected chi connectivity index (χ4v) is 1.82. The van der Waals surface area contributed by atoms with Crippen LogP contribution in [0.3, 0.4) is 0 Å². The van der Waals surface area contributed by atoms with Crippen molar-refractivity contribution in [2.75, 3.05) is 40.5 Å². The molecule has 0 saturated carbocycles. The van der Waals surface area contributed by atoms with Gasteiger partial charge in [0.25, 0.3) is 0 Å². The molecule has 20 heavy (non-hydrogen) atoms. The second-order valence-corrected chi connectivity index (χ2v) is 4.42. The van der Waals surface area contributed by atoms with E-state index in [2.05, 4.69) is 16.7 Å². The van der Waals surface area contributed by atoms with Gasteiger partial charge < -0.3 is 14.6 Å². The number of ether oxygens (including phenoxy) is 2. The highest BCUT2D eigenvalue weighted by atomic mass is 16.5. The van der Waals surface area contributed by atoms with E-state index >= 15 is 0 Å². The van der Waals surface area contributed by atoms with E-state index in [1.807, 2.05) is 32.2 Å². The van der Waals surface area contributed by atoms with Crippen LogP contribution in [0.2, 0.25) is 0 Å². The first-order chi connectivity index (χ1) is 9.71. The Morgan fingerprint density at radius 3 is 2.80 bits per heavy atom. The van der Waals surface area contributed by atoms with Crippen LogP contribution >= 0.6 is 0 Å². The van der Waals surface area contributed by atoms with Crippen molar-refractivity contribution in [3.63, 3.8) is 0 Å². The van der Waals surface area contributed by atoms with Crippen LogP contribution in [0.25, 0.3) is 0 Å². The van der Waals surface area contributed by atoms with Gasteiger partial charge in [-0.3, -0.25) is 4.90 Å². The third-order valence-electron chi connectivity index (χ3n) is 2.88. The average molecular weight is 277 g/mol. The number of nitrogens with zero attached hydrogens (tertiary/aromatic N) is 1. The molecular weight excluding hydrogens is 254 g/mol. The lowest BCUT2D eigenvalue weighted by Crippen LogP contribution is -2.23. The molecule has 1 rings (SSSR count). The van der Waals surface area contributed by atoms with Gasteiger partial charge in [-0.25, -0.2) is 0 Å². The van der Waals surface area contributed by atoms with Crippen molar-refractivity contribution in [1.82, 2.24) is 4.90 Å². The summed E-state index contributed by atoms with van der Waals surface area (Å²) in [6, 6.07) is 5.79. The molecule has 0 aliphatic heterocycles. The lowest BCUT2D eigenvalue weighted by Gasteiger charge is -2.18. The van der Waals surface area contributed by atoms with Gasteiger partial charge in [0.05, 0.1) is 13.7 Å². The van der Waals surface area contributed by atoms with Crippen molar-refractivity contribution in [2.45, 2.75) is 13.5 Å². The van der Waals surface area contributed by atoms with Crippen molar-refractivity contribution in [1.29, 1.82) is 0 Å². The van der Waals surface area contributed by atoms with E-state index < -0.39 is 0 Å². The highest BCUT2D eigenvalue weighted by molar-refractivity contribution is 5.45. The van der Waals surface area contributed by atoms with Crippen LogP contribution in [0.5, 0.6) is 5.75 Å². The summed E-state index contributed by atoms with van der Waals surface area (Å²) in [6.45, 7) is 4.93. The molecule has 0 aliphatic rings. The first-order valence-corrected chi connectivity index (χ1v) is 6.74. The summed E-state index contributed by atoms with van der Waals surface area (Å²) in [5.74, 6) is 6.48. The van der Waals surface area contributed by atoms with Gasteiger partial charge in [0.15, 0.2) is 0 Å². The fraction of sp³-hybridized carbons (Fsp3) is 0.500. The Hall–Kier alpha value is -1.54. The fourth-order valence-electron chi connectivity index (χ4n) is 1.82. The predicted molar refractivity (Wildman–Crippen MR) is 79.8 cm³/mol. The van der Waals surface area contributed by atoms with Crippen LogP contribution in [-0.4, -0.2) is 50.5 Å². The summed E-state index contributed by atoms with van der Waals surface area (Å²) in [4.78, 5) is 2.18. The van der Waals surface area contributed by atoms with Gasteiger partial charge in [0.1, 0.15) is 12.4 Å². The van der Waals surface area contributed by atoms with Gasteiger partial charge in [0, 0.05) is 25.3 Å². The molecule has 0 saturated heterocycles. The molecule has 4 nitrogen and oxygen atoms in total. The van der Waals surface area contributed by atoms with Crippen LogP contribution in [0.15, 0.2) is 18.2 Å². The molecule has 0 aromatic heterocycles. The van der Waals surface area contributed by atoms with E-state index in [0.29, 0.717) is 6.61 Å². The van der Waals surface area contributed by atoms with E-state index in [9.17, 15) is 0 Å². The van der Waals surface area contributed by atoms with Gasteiger partial charge in [-0.1, -0.05) is 11.8 Å². The molecule has 0 bridgehead atoms. The van der Waals surface area contributed by atoms with Crippen molar-refractivity contribution < 1.29 is 14.6 Å². The minimum Gasteiger partial charge on any atom is -0.497 e. The lowest BCUT2D eigenvalue weighted by molar-refractivity contribution is 0.120. The van der Waals surface area contributed by atoms with Gasteiger partial charge in [-0.05, 0) is 37.7 Å². The van der Waals surface area contributed by atoms with E-state index in [1.165, 1.54) is 0 Å². The number of aliphatic hydroxyl groups excluding tert-OH is 1. The van der Waals surface area contributed by atoms with Crippen LogP contribution in [0.4, 0.5) is 0 Å². The topological polar surface area (TPSA) is 41.9 Å². The zero-order valence-corrected chi connectivity index (χ0v) is 12.5. The molecule has 0 spiro atoms. The van der Waals surface area contributed by atoms with Crippen LogP contribution in [0, 0.1) is 11.8 Å². The van der Waals surface area contributed by atoms with E-state index in [1.54, 1.807) is 7.11 Å². The average Bonchev–Trinajstić information content (AvgIpc) is 2.46. The SMILES string of the molecule is CCOCCN(C)Cc1cc(OC)ccc1C#CCO. The summed E-state index contributed by atoms with van der Waals surface area (Å²) < 4.78 is 10.6. The number of aliphatic hydroxyl groups is 1. The Labute approximate surface area is 121 Å². The van der Waals surface area contributed by atoms with Crippen LogP contribution < -0.4 is 4.74 Å². The molecule has 0 radical (unpaired) electrons. The van der Waals surface area contributed by atoms with Gasteiger partial charge in [-0.15, -0.1) is 0 Å². The molecule has 1 aromatic rings. The molecule has 4 heteroatoms. The van der Waals surface area contributed by atoms with E-state index in [0.717, 1.165) is 36.6 Å². The number of rotatable bonds is 7. The standard InChI is InChI=1S/C16H23NO3/c1-4-20-11-9-17(2)13-15-12-16(19-3)8-7-14(15)6-5-10-18/h7-8,12,18H,4,9-11,13H2,1-3H3. The molecular formula is C16H23NO3. The summed E-state index contributed by atoms with van der Waals surface area (Å²) in [5, 5.41) is 8.82. The normalized spacial score (nSPS) is 10.2. The largest absolute Gasteiger partial charge is 0.497 e. The van der Waals surface area contributed by atoms with Crippen molar-refractivity contribution in [3.05, 3.63) is 29.3 Å². The highest BCUT2D eigenvalue weighted by Gasteiger charge is 2.06. The second kappa shape index (κ2) is 9.38. The first kappa shape index (κ1) is 16.5. The number of likely N-dealkylation sites (N-methyl/N-ethyl adjacent to an activating group) is 1. The summed E-state index contributed by atoms with van der Waals surface area (Å²) in [6.07, 6.45) is 0. The Morgan fingerprint density at radius 1 is 1.35 bits per heavy atom. The Balaban J connectivity index is 2.78. The minimum absolute atomic E-state index is 0.133. The number of methoxy groups -OCH3 is 1. The summed E-state index contributed by atoms with van der Waals surface area (Å²) in [7, 11) is 3.69. The van der Waals surface area contributed by atoms with Gasteiger partial charge in [-0.2, -0.15) is 0 Å². The summed E-state index contributed by atoms with van der Waals surface area (Å²) >= 11 is 0. The lowest BCUT2D eigenvalue weighted by atomic mass is 10.1. The molecule has 0 atom stereocenters. The van der Waals surface area contributed by atoms with Gasteiger partial charge in [0.2, 0.25) is 0 Å². The third-order valence-corrected chi connectivity index (χ3v) is 2.88. The first-order valence-electron chi connectivity index (χ1n) is 6.74. The van der Waals surface area contributed by atoms with E-state index in [4.69, 9.17) is 14.6 Å².